The van der Waals surface area contributed by atoms with Crippen LogP contribution in [0.5, 0.6) is 0 Å². The Morgan fingerprint density at radius 3 is 2.83 bits per heavy atom. The van der Waals surface area contributed by atoms with Crippen molar-refractivity contribution < 1.29 is 4.79 Å². The van der Waals surface area contributed by atoms with E-state index >= 15 is 0 Å². The van der Waals surface area contributed by atoms with Gasteiger partial charge in [-0.2, -0.15) is 0 Å². The second-order valence-electron chi connectivity index (χ2n) is 3.54. The molecule has 0 fully saturated rings. The average Bonchev–Trinajstić information content (AvgIpc) is 2.39. The highest BCUT2D eigenvalue weighted by molar-refractivity contribution is 14.1. The number of nitrogens with one attached hydrogen (secondary N) is 2. The van der Waals surface area contributed by atoms with E-state index in [1.807, 2.05) is 24.3 Å². The molecule has 0 aliphatic carbocycles. The number of amides is 1. The van der Waals surface area contributed by atoms with E-state index in [1.165, 1.54) is 6.20 Å². The Hall–Kier alpha value is -1.67. The quantitative estimate of drug-likeness (QED) is 0.449. The summed E-state index contributed by atoms with van der Waals surface area (Å²) in [5.74, 6) is 5.50. The summed E-state index contributed by atoms with van der Waals surface area (Å²) in [7, 11) is 0. The van der Waals surface area contributed by atoms with Gasteiger partial charge in [0, 0.05) is 21.0 Å². The molecule has 2 aromatic rings. The lowest BCUT2D eigenvalue weighted by Crippen LogP contribution is -2.14. The van der Waals surface area contributed by atoms with Crippen molar-refractivity contribution in [1.82, 2.24) is 4.98 Å². The SMILES string of the molecule is NNc1cc(C(=O)Nc2cccc(I)c2)ccn1. The number of hydrogen-bond donors (Lipinski definition) is 3. The van der Waals surface area contributed by atoms with Gasteiger partial charge >= 0.3 is 0 Å². The fraction of sp³-hybridized carbons (Fsp3) is 0. The van der Waals surface area contributed by atoms with E-state index in [4.69, 9.17) is 5.84 Å². The summed E-state index contributed by atoms with van der Waals surface area (Å²) in [6.45, 7) is 0. The third-order valence-electron chi connectivity index (χ3n) is 2.25. The molecule has 1 heterocycles. The predicted molar refractivity (Wildman–Crippen MR) is 79.2 cm³/mol. The van der Waals surface area contributed by atoms with Crippen molar-refractivity contribution in [3.8, 4) is 0 Å². The first-order valence-corrected chi connectivity index (χ1v) is 6.26. The number of benzene rings is 1. The monoisotopic (exact) mass is 354 g/mol. The van der Waals surface area contributed by atoms with E-state index in [0.29, 0.717) is 11.4 Å². The van der Waals surface area contributed by atoms with Gasteiger partial charge in [0.15, 0.2) is 0 Å². The minimum atomic E-state index is -0.198. The molecule has 6 heteroatoms. The summed E-state index contributed by atoms with van der Waals surface area (Å²) < 4.78 is 1.06. The maximum Gasteiger partial charge on any atom is 0.255 e. The molecule has 18 heavy (non-hydrogen) atoms. The van der Waals surface area contributed by atoms with E-state index in [0.717, 1.165) is 9.26 Å². The summed E-state index contributed by atoms with van der Waals surface area (Å²) in [4.78, 5) is 15.9. The van der Waals surface area contributed by atoms with Crippen LogP contribution < -0.4 is 16.6 Å². The summed E-state index contributed by atoms with van der Waals surface area (Å²) in [5.41, 5.74) is 3.66. The van der Waals surface area contributed by atoms with Gasteiger partial charge in [-0.3, -0.25) is 4.79 Å². The van der Waals surface area contributed by atoms with Crippen molar-refractivity contribution in [1.29, 1.82) is 0 Å². The summed E-state index contributed by atoms with van der Waals surface area (Å²) in [6.07, 6.45) is 1.53. The number of aromatic nitrogens is 1. The highest BCUT2D eigenvalue weighted by Gasteiger charge is 2.07. The van der Waals surface area contributed by atoms with Gasteiger partial charge in [-0.1, -0.05) is 6.07 Å². The van der Waals surface area contributed by atoms with E-state index in [9.17, 15) is 4.79 Å². The molecule has 0 unspecified atom stereocenters. The molecule has 1 amide bonds. The Bertz CT molecular complexity index is 574. The van der Waals surface area contributed by atoms with Crippen molar-refractivity contribution in [2.75, 3.05) is 10.7 Å². The molecule has 1 aromatic heterocycles. The number of rotatable bonds is 3. The normalized spacial score (nSPS) is 9.89. The van der Waals surface area contributed by atoms with Crippen LogP contribution in [0.25, 0.3) is 0 Å². The lowest BCUT2D eigenvalue weighted by molar-refractivity contribution is 0.102. The lowest BCUT2D eigenvalue weighted by Gasteiger charge is -2.06. The van der Waals surface area contributed by atoms with Crippen LogP contribution in [-0.4, -0.2) is 10.9 Å². The van der Waals surface area contributed by atoms with E-state index in [1.54, 1.807) is 12.1 Å². The molecule has 0 radical (unpaired) electrons. The van der Waals surface area contributed by atoms with Crippen LogP contribution in [0.15, 0.2) is 42.6 Å². The van der Waals surface area contributed by atoms with Gasteiger partial charge in [0.25, 0.3) is 5.91 Å². The van der Waals surface area contributed by atoms with E-state index in [-0.39, 0.29) is 5.91 Å². The maximum atomic E-state index is 12.0. The molecular weight excluding hydrogens is 343 g/mol. The van der Waals surface area contributed by atoms with Crippen LogP contribution in [0.2, 0.25) is 0 Å². The number of hydrazine groups is 1. The standard InChI is InChI=1S/C12H11IN4O/c13-9-2-1-3-10(7-9)16-12(18)8-4-5-15-11(6-8)17-14/h1-7H,14H2,(H,15,17)(H,16,18). The Morgan fingerprint density at radius 1 is 1.28 bits per heavy atom. The molecule has 4 N–H and O–H groups in total. The molecule has 2 rings (SSSR count). The van der Waals surface area contributed by atoms with Gasteiger partial charge in [-0.15, -0.1) is 0 Å². The zero-order valence-electron chi connectivity index (χ0n) is 9.35. The van der Waals surface area contributed by atoms with Crippen molar-refractivity contribution in [3.63, 3.8) is 0 Å². The largest absolute Gasteiger partial charge is 0.322 e. The minimum absolute atomic E-state index is 0.198. The fourth-order valence-electron chi connectivity index (χ4n) is 1.42. The van der Waals surface area contributed by atoms with Crippen LogP contribution in [0.3, 0.4) is 0 Å². The smallest absolute Gasteiger partial charge is 0.255 e. The van der Waals surface area contributed by atoms with E-state index < -0.39 is 0 Å². The second-order valence-corrected chi connectivity index (χ2v) is 4.78. The molecule has 0 spiro atoms. The number of hydrogen-bond acceptors (Lipinski definition) is 4. The Kier molecular flexibility index (Phi) is 4.11. The maximum absolute atomic E-state index is 12.0. The van der Waals surface area contributed by atoms with E-state index in [2.05, 4.69) is 38.3 Å². The number of carbonyl (C=O) groups is 1. The first-order valence-electron chi connectivity index (χ1n) is 5.18. The number of pyridine rings is 1. The molecule has 0 atom stereocenters. The first kappa shape index (κ1) is 12.8. The van der Waals surface area contributed by atoms with Crippen molar-refractivity contribution in [2.24, 2.45) is 5.84 Å². The Morgan fingerprint density at radius 2 is 2.11 bits per heavy atom. The average molecular weight is 354 g/mol. The second kappa shape index (κ2) is 5.78. The number of halogens is 1. The van der Waals surface area contributed by atoms with Crippen molar-refractivity contribution >= 4 is 40.0 Å². The molecule has 0 aliphatic heterocycles. The number of nitrogens with zero attached hydrogens (tertiary/aromatic N) is 1. The first-order chi connectivity index (χ1) is 8.69. The molecule has 0 aliphatic rings. The lowest BCUT2D eigenvalue weighted by atomic mass is 10.2. The summed E-state index contributed by atoms with van der Waals surface area (Å²) in [6, 6.07) is 10.8. The Balaban J connectivity index is 2.16. The molecule has 0 saturated carbocycles. The third-order valence-corrected chi connectivity index (χ3v) is 2.92. The van der Waals surface area contributed by atoms with Crippen LogP contribution >= 0.6 is 22.6 Å². The van der Waals surface area contributed by atoms with Gasteiger partial charge in [0.2, 0.25) is 0 Å². The highest BCUT2D eigenvalue weighted by Crippen LogP contribution is 2.14. The minimum Gasteiger partial charge on any atom is -0.322 e. The van der Waals surface area contributed by atoms with Crippen LogP contribution in [-0.2, 0) is 0 Å². The number of nitrogens with two attached hydrogens (primary N) is 1. The van der Waals surface area contributed by atoms with Crippen LogP contribution in [0.1, 0.15) is 10.4 Å². The third kappa shape index (κ3) is 3.17. The number of carbonyl (C=O) groups excluding carboxylic acids is 1. The molecule has 92 valence electrons. The number of nitrogen functional groups attached to an aromatic ring is 1. The fourth-order valence-corrected chi connectivity index (χ4v) is 1.96. The molecular formula is C12H11IN4O. The topological polar surface area (TPSA) is 80.0 Å². The Labute approximate surface area is 118 Å². The van der Waals surface area contributed by atoms with Gasteiger partial charge in [0.05, 0.1) is 0 Å². The zero-order valence-corrected chi connectivity index (χ0v) is 11.5. The summed E-state index contributed by atoms with van der Waals surface area (Å²) in [5, 5.41) is 2.81. The molecule has 1 aromatic carbocycles. The zero-order chi connectivity index (χ0) is 13.0. The number of anilines is 2. The van der Waals surface area contributed by atoms with Crippen molar-refractivity contribution in [3.05, 3.63) is 51.7 Å². The molecule has 0 saturated heterocycles. The van der Waals surface area contributed by atoms with Gasteiger partial charge in [-0.05, 0) is 52.9 Å². The highest BCUT2D eigenvalue weighted by atomic mass is 127. The summed E-state index contributed by atoms with van der Waals surface area (Å²) >= 11 is 2.19. The van der Waals surface area contributed by atoms with Crippen LogP contribution in [0.4, 0.5) is 11.5 Å². The van der Waals surface area contributed by atoms with Crippen molar-refractivity contribution in [2.45, 2.75) is 0 Å². The molecule has 5 nitrogen and oxygen atoms in total. The van der Waals surface area contributed by atoms with Gasteiger partial charge in [-0.25, -0.2) is 10.8 Å². The van der Waals surface area contributed by atoms with Crippen LogP contribution in [0, 0.1) is 3.57 Å². The van der Waals surface area contributed by atoms with Gasteiger partial charge in [0.1, 0.15) is 5.82 Å². The van der Waals surface area contributed by atoms with Gasteiger partial charge < -0.3 is 10.7 Å². The molecule has 0 bridgehead atoms. The predicted octanol–water partition coefficient (Wildman–Crippen LogP) is 2.22.